The van der Waals surface area contributed by atoms with Gasteiger partial charge >= 0.3 is 5.63 Å². The number of fused-ring (bicyclic) bond motifs is 1. The quantitative estimate of drug-likeness (QED) is 0.842. The largest absolute Gasteiger partial charge is 0.427 e. The summed E-state index contributed by atoms with van der Waals surface area (Å²) in [6, 6.07) is 1.53. The molecular weight excluding hydrogens is 358 g/mol. The summed E-state index contributed by atoms with van der Waals surface area (Å²) in [5, 5.41) is 0. The van der Waals surface area contributed by atoms with Crippen molar-refractivity contribution in [2.75, 3.05) is 26.2 Å². The van der Waals surface area contributed by atoms with Crippen LogP contribution >= 0.6 is 12.4 Å². The minimum absolute atomic E-state index is 0. The van der Waals surface area contributed by atoms with Crippen LogP contribution in [0.5, 0.6) is 0 Å². The Balaban J connectivity index is 0.00000243. The summed E-state index contributed by atoms with van der Waals surface area (Å²) in [4.78, 5) is 40.3. The molecule has 3 rings (SSSR count). The fraction of sp³-hybridized carbons (Fsp3) is 0.611. The molecule has 2 amide bonds. The van der Waals surface area contributed by atoms with Gasteiger partial charge in [0.15, 0.2) is 0 Å². The van der Waals surface area contributed by atoms with Crippen LogP contribution in [0.2, 0.25) is 0 Å². The topological polar surface area (TPSA) is 96.8 Å². The van der Waals surface area contributed by atoms with Crippen molar-refractivity contribution in [1.82, 2.24) is 9.80 Å². The molecule has 2 aliphatic rings. The maximum absolute atomic E-state index is 13.0. The van der Waals surface area contributed by atoms with Crippen LogP contribution in [-0.4, -0.2) is 53.8 Å². The second-order valence-electron chi connectivity index (χ2n) is 6.96. The van der Waals surface area contributed by atoms with E-state index in [2.05, 4.69) is 0 Å². The number of carbonyl (C=O) groups is 2. The summed E-state index contributed by atoms with van der Waals surface area (Å²) < 4.78 is 5.10. The molecule has 2 atom stereocenters. The van der Waals surface area contributed by atoms with Gasteiger partial charge in [0.1, 0.15) is 5.76 Å². The number of nitrogens with zero attached hydrogens (tertiary/aromatic N) is 2. The van der Waals surface area contributed by atoms with Crippen molar-refractivity contribution in [2.24, 2.45) is 11.7 Å². The number of amides is 2. The van der Waals surface area contributed by atoms with Gasteiger partial charge in [-0.3, -0.25) is 9.59 Å². The minimum atomic E-state index is -0.437. The van der Waals surface area contributed by atoms with Crippen LogP contribution in [0.4, 0.5) is 0 Å². The molecule has 2 aliphatic heterocycles. The van der Waals surface area contributed by atoms with Gasteiger partial charge < -0.3 is 20.0 Å². The second kappa shape index (κ2) is 8.22. The second-order valence-corrected chi connectivity index (χ2v) is 6.96. The first-order chi connectivity index (χ1) is 11.9. The lowest BCUT2D eigenvalue weighted by Gasteiger charge is -2.47. The molecule has 0 unspecified atom stereocenters. The summed E-state index contributed by atoms with van der Waals surface area (Å²) in [5.74, 6) is 0.710. The van der Waals surface area contributed by atoms with Gasteiger partial charge in [-0.15, -0.1) is 12.4 Å². The molecule has 2 N–H and O–H groups in total. The van der Waals surface area contributed by atoms with Gasteiger partial charge in [0.2, 0.25) is 5.91 Å². The Morgan fingerprint density at radius 3 is 2.69 bits per heavy atom. The van der Waals surface area contributed by atoms with Crippen molar-refractivity contribution in [3.05, 3.63) is 33.4 Å². The number of halogens is 1. The van der Waals surface area contributed by atoms with Crippen LogP contribution in [0.3, 0.4) is 0 Å². The van der Waals surface area contributed by atoms with Crippen molar-refractivity contribution in [1.29, 1.82) is 0 Å². The third-order valence-corrected chi connectivity index (χ3v) is 5.35. The lowest BCUT2D eigenvalue weighted by atomic mass is 9.83. The van der Waals surface area contributed by atoms with E-state index in [1.807, 2.05) is 9.80 Å². The predicted molar refractivity (Wildman–Crippen MR) is 99.5 cm³/mol. The molecule has 7 nitrogen and oxygen atoms in total. The molecule has 1 aromatic heterocycles. The zero-order chi connectivity index (χ0) is 18.1. The molecule has 1 aromatic rings. The normalized spacial score (nSPS) is 22.7. The van der Waals surface area contributed by atoms with E-state index in [4.69, 9.17) is 10.2 Å². The number of piperidine rings is 2. The fourth-order valence-corrected chi connectivity index (χ4v) is 4.20. The van der Waals surface area contributed by atoms with E-state index in [1.54, 1.807) is 13.8 Å². The molecule has 0 aromatic carbocycles. The highest BCUT2D eigenvalue weighted by Gasteiger charge is 2.40. The van der Waals surface area contributed by atoms with Gasteiger partial charge in [0.05, 0.1) is 5.56 Å². The molecular formula is C18H26ClN3O4. The van der Waals surface area contributed by atoms with Gasteiger partial charge in [-0.25, -0.2) is 4.79 Å². The molecule has 0 radical (unpaired) electrons. The van der Waals surface area contributed by atoms with Gasteiger partial charge in [-0.05, 0) is 38.2 Å². The van der Waals surface area contributed by atoms with E-state index in [0.29, 0.717) is 49.5 Å². The first-order valence-electron chi connectivity index (χ1n) is 8.82. The number of likely N-dealkylation sites (tertiary alicyclic amines) is 2. The molecule has 26 heavy (non-hydrogen) atoms. The van der Waals surface area contributed by atoms with Crippen molar-refractivity contribution >= 4 is 24.2 Å². The van der Waals surface area contributed by atoms with Crippen LogP contribution < -0.4 is 11.4 Å². The molecule has 2 fully saturated rings. The molecule has 0 saturated carbocycles. The standard InChI is InChI=1S/C18H25N3O4.ClH/c1-11-9-16(23)25-12(2)17(11)18(24)20-7-5-14-13(10-20)3-4-15(22)21(14)8-6-19;/h9,13-14H,3-8,10,19H2,1-2H3;1H/t13-,14+;/m0./s1. The Bertz CT molecular complexity index is 722. The van der Waals surface area contributed by atoms with Gasteiger partial charge in [0.25, 0.3) is 5.91 Å². The lowest BCUT2D eigenvalue weighted by molar-refractivity contribution is -0.140. The van der Waals surface area contributed by atoms with Crippen molar-refractivity contribution < 1.29 is 14.0 Å². The highest BCUT2D eigenvalue weighted by molar-refractivity contribution is 5.96. The van der Waals surface area contributed by atoms with Crippen LogP contribution in [0.15, 0.2) is 15.3 Å². The Kier molecular flexibility index (Phi) is 6.47. The zero-order valence-electron chi connectivity index (χ0n) is 15.2. The summed E-state index contributed by atoms with van der Waals surface area (Å²) >= 11 is 0. The van der Waals surface area contributed by atoms with Crippen LogP contribution in [-0.2, 0) is 4.79 Å². The molecule has 0 bridgehead atoms. The molecule has 0 aliphatic carbocycles. The summed E-state index contributed by atoms with van der Waals surface area (Å²) in [6.45, 7) is 5.65. The number of nitrogens with two attached hydrogens (primary N) is 1. The van der Waals surface area contributed by atoms with Crippen molar-refractivity contribution in [3.63, 3.8) is 0 Å². The van der Waals surface area contributed by atoms with Crippen molar-refractivity contribution in [3.8, 4) is 0 Å². The average Bonchev–Trinajstić information content (AvgIpc) is 2.56. The van der Waals surface area contributed by atoms with Gasteiger partial charge in [0, 0.05) is 44.7 Å². The fourth-order valence-electron chi connectivity index (χ4n) is 4.20. The van der Waals surface area contributed by atoms with Gasteiger partial charge in [-0.2, -0.15) is 0 Å². The number of rotatable bonds is 3. The van der Waals surface area contributed by atoms with Crippen LogP contribution in [0.25, 0.3) is 0 Å². The minimum Gasteiger partial charge on any atom is -0.427 e. The maximum atomic E-state index is 13.0. The first kappa shape index (κ1) is 20.5. The maximum Gasteiger partial charge on any atom is 0.336 e. The monoisotopic (exact) mass is 383 g/mol. The highest BCUT2D eigenvalue weighted by atomic mass is 35.5. The van der Waals surface area contributed by atoms with E-state index in [-0.39, 0.29) is 36.2 Å². The van der Waals surface area contributed by atoms with E-state index in [0.717, 1.165) is 12.8 Å². The van der Waals surface area contributed by atoms with E-state index in [1.165, 1.54) is 6.07 Å². The molecule has 3 heterocycles. The smallest absolute Gasteiger partial charge is 0.336 e. The summed E-state index contributed by atoms with van der Waals surface area (Å²) in [7, 11) is 0. The number of hydrogen-bond acceptors (Lipinski definition) is 5. The third-order valence-electron chi connectivity index (χ3n) is 5.35. The van der Waals surface area contributed by atoms with Gasteiger partial charge in [-0.1, -0.05) is 0 Å². The first-order valence-corrected chi connectivity index (χ1v) is 8.82. The molecule has 0 spiro atoms. The summed E-state index contributed by atoms with van der Waals surface area (Å²) in [6.07, 6.45) is 2.08. The van der Waals surface area contributed by atoms with Crippen molar-refractivity contribution in [2.45, 2.75) is 39.2 Å². The Labute approximate surface area is 158 Å². The molecule has 2 saturated heterocycles. The molecule has 144 valence electrons. The Morgan fingerprint density at radius 1 is 1.31 bits per heavy atom. The van der Waals surface area contributed by atoms with E-state index >= 15 is 0 Å². The Morgan fingerprint density at radius 2 is 2.04 bits per heavy atom. The van der Waals surface area contributed by atoms with E-state index < -0.39 is 5.63 Å². The number of aryl methyl sites for hydroxylation is 2. The number of carbonyl (C=O) groups excluding carboxylic acids is 2. The molecule has 8 heteroatoms. The third kappa shape index (κ3) is 3.78. The van der Waals surface area contributed by atoms with E-state index in [9.17, 15) is 14.4 Å². The van der Waals surface area contributed by atoms with Crippen LogP contribution in [0.1, 0.15) is 40.9 Å². The lowest BCUT2D eigenvalue weighted by Crippen LogP contribution is -2.57. The zero-order valence-corrected chi connectivity index (χ0v) is 16.0. The summed E-state index contributed by atoms with van der Waals surface area (Å²) in [5.41, 5.74) is 6.33. The van der Waals surface area contributed by atoms with Crippen LogP contribution in [0, 0.1) is 19.8 Å². The highest BCUT2D eigenvalue weighted by Crippen LogP contribution is 2.32. The number of hydrogen-bond donors (Lipinski definition) is 1. The predicted octanol–water partition coefficient (Wildman–Crippen LogP) is 1.09. The average molecular weight is 384 g/mol. The SMILES string of the molecule is Cc1cc(=O)oc(C)c1C(=O)N1CC[C@@H]2[C@@H](CCC(=O)N2CCN)C1.Cl. The Hall–Kier alpha value is -1.86.